The molecule has 2 aliphatic heterocycles. The van der Waals surface area contributed by atoms with E-state index in [1.807, 2.05) is 13.8 Å². The summed E-state index contributed by atoms with van der Waals surface area (Å²) in [6, 6.07) is 0. The van der Waals surface area contributed by atoms with Crippen molar-refractivity contribution >= 4 is 17.9 Å². The van der Waals surface area contributed by atoms with Gasteiger partial charge in [-0.1, -0.05) is 13.8 Å². The maximum atomic E-state index is 12.8. The number of esters is 3. The summed E-state index contributed by atoms with van der Waals surface area (Å²) in [6.45, 7) is 9.19. The summed E-state index contributed by atoms with van der Waals surface area (Å²) in [5, 5.41) is 11.8. The van der Waals surface area contributed by atoms with Gasteiger partial charge in [-0.25, -0.2) is 0 Å². The Morgan fingerprint density at radius 3 is 2.42 bits per heavy atom. The van der Waals surface area contributed by atoms with Gasteiger partial charge >= 0.3 is 17.9 Å². The van der Waals surface area contributed by atoms with Gasteiger partial charge in [0.2, 0.25) is 0 Å². The Morgan fingerprint density at radius 1 is 1.16 bits per heavy atom. The molecule has 2 saturated carbocycles. The van der Waals surface area contributed by atoms with Gasteiger partial charge in [0.05, 0.1) is 12.0 Å². The first-order valence-electron chi connectivity index (χ1n) is 11.6. The highest BCUT2D eigenvalue weighted by Gasteiger charge is 2.67. The van der Waals surface area contributed by atoms with Gasteiger partial charge in [0.25, 0.3) is 0 Å². The van der Waals surface area contributed by atoms with E-state index < -0.39 is 35.6 Å². The van der Waals surface area contributed by atoms with Crippen LogP contribution in [-0.4, -0.2) is 72.0 Å². The van der Waals surface area contributed by atoms with Crippen molar-refractivity contribution in [3.63, 3.8) is 0 Å². The Labute approximate surface area is 183 Å². The number of likely N-dealkylation sites (tertiary alicyclic amines) is 1. The van der Waals surface area contributed by atoms with Crippen LogP contribution in [0.1, 0.15) is 53.4 Å². The third kappa shape index (κ3) is 3.86. The van der Waals surface area contributed by atoms with Crippen LogP contribution in [-0.2, 0) is 28.6 Å². The molecular weight excluding hydrogens is 402 g/mol. The summed E-state index contributed by atoms with van der Waals surface area (Å²) >= 11 is 0. The first-order valence-corrected chi connectivity index (χ1v) is 11.6. The molecule has 0 aromatic heterocycles. The van der Waals surface area contributed by atoms with Crippen LogP contribution >= 0.6 is 0 Å². The molecule has 0 radical (unpaired) electrons. The van der Waals surface area contributed by atoms with E-state index in [2.05, 4.69) is 4.90 Å². The van der Waals surface area contributed by atoms with Gasteiger partial charge < -0.3 is 24.2 Å². The molecule has 0 bridgehead atoms. The predicted octanol–water partition coefficient (Wildman–Crippen LogP) is 1.53. The minimum absolute atomic E-state index is 0.0119. The zero-order chi connectivity index (χ0) is 22.5. The molecule has 0 amide bonds. The van der Waals surface area contributed by atoms with Crippen LogP contribution < -0.4 is 0 Å². The Kier molecular flexibility index (Phi) is 6.07. The van der Waals surface area contributed by atoms with Crippen molar-refractivity contribution in [2.45, 2.75) is 77.8 Å². The highest BCUT2D eigenvalue weighted by atomic mass is 16.6. The van der Waals surface area contributed by atoms with Crippen LogP contribution in [0.25, 0.3) is 0 Å². The first kappa shape index (κ1) is 22.5. The SMILES string of the molecule is CC(=O)O[C@H]1C[C@@H](OC(C)=O)[C@@H]2[C@@H](C)C[C@@H]3OC(=O)[C@@H](CN4CCCC4)[C@H]3[C@H](O)[C@@]21C. The molecule has 2 heterocycles. The number of carbonyl (C=O) groups excluding carboxylic acids is 3. The number of hydrogen-bond donors (Lipinski definition) is 1. The largest absolute Gasteiger partial charge is 0.462 e. The summed E-state index contributed by atoms with van der Waals surface area (Å²) in [7, 11) is 0. The first-order chi connectivity index (χ1) is 14.6. The predicted molar refractivity (Wildman–Crippen MR) is 110 cm³/mol. The maximum Gasteiger partial charge on any atom is 0.311 e. The molecule has 31 heavy (non-hydrogen) atoms. The number of nitrogens with zero attached hydrogens (tertiary/aromatic N) is 1. The van der Waals surface area contributed by atoms with Gasteiger partial charge in [0, 0.05) is 44.1 Å². The Balaban J connectivity index is 1.69. The number of aliphatic hydroxyl groups excluding tert-OH is 1. The fourth-order valence-electron chi connectivity index (χ4n) is 7.03. The summed E-state index contributed by atoms with van der Waals surface area (Å²) < 4.78 is 17.2. The van der Waals surface area contributed by atoms with Gasteiger partial charge in [-0.3, -0.25) is 14.4 Å². The van der Waals surface area contributed by atoms with Crippen molar-refractivity contribution in [1.82, 2.24) is 4.90 Å². The Bertz CT molecular complexity index is 735. The van der Waals surface area contributed by atoms with Crippen molar-refractivity contribution in [2.24, 2.45) is 29.1 Å². The van der Waals surface area contributed by atoms with Crippen molar-refractivity contribution in [1.29, 1.82) is 0 Å². The Hall–Kier alpha value is -1.67. The van der Waals surface area contributed by atoms with Crippen molar-refractivity contribution in [2.75, 3.05) is 19.6 Å². The molecule has 0 aromatic rings. The van der Waals surface area contributed by atoms with Crippen molar-refractivity contribution in [3.05, 3.63) is 0 Å². The average molecular weight is 438 g/mol. The van der Waals surface area contributed by atoms with E-state index in [1.54, 1.807) is 0 Å². The minimum Gasteiger partial charge on any atom is -0.462 e. The van der Waals surface area contributed by atoms with E-state index in [1.165, 1.54) is 13.8 Å². The summed E-state index contributed by atoms with van der Waals surface area (Å²) in [4.78, 5) is 38.8. The van der Waals surface area contributed by atoms with Gasteiger partial charge in [0.1, 0.15) is 18.3 Å². The van der Waals surface area contributed by atoms with Crippen molar-refractivity contribution in [3.8, 4) is 0 Å². The molecule has 0 unspecified atom stereocenters. The molecule has 4 rings (SSSR count). The van der Waals surface area contributed by atoms with Crippen LogP contribution in [0.3, 0.4) is 0 Å². The Morgan fingerprint density at radius 2 is 1.81 bits per heavy atom. The fourth-order valence-corrected chi connectivity index (χ4v) is 7.03. The quantitative estimate of drug-likeness (QED) is 0.522. The summed E-state index contributed by atoms with van der Waals surface area (Å²) in [5.74, 6) is -2.03. The number of carbonyl (C=O) groups is 3. The topological polar surface area (TPSA) is 102 Å². The van der Waals surface area contributed by atoms with E-state index in [0.29, 0.717) is 19.4 Å². The number of hydrogen-bond acceptors (Lipinski definition) is 8. The number of ether oxygens (including phenoxy) is 3. The second-order valence-electron chi connectivity index (χ2n) is 10.2. The molecule has 9 atom stereocenters. The lowest BCUT2D eigenvalue weighted by atomic mass is 9.66. The molecule has 174 valence electrons. The molecule has 8 heteroatoms. The van der Waals surface area contributed by atoms with Gasteiger partial charge in [-0.2, -0.15) is 0 Å². The highest BCUT2D eigenvalue weighted by molar-refractivity contribution is 5.76. The molecular formula is C23H35NO7. The smallest absolute Gasteiger partial charge is 0.311 e. The fraction of sp³-hybridized carbons (Fsp3) is 0.870. The van der Waals surface area contributed by atoms with Crippen LogP contribution in [0, 0.1) is 29.1 Å². The van der Waals surface area contributed by atoms with E-state index in [0.717, 1.165) is 25.9 Å². The van der Waals surface area contributed by atoms with E-state index in [4.69, 9.17) is 14.2 Å². The van der Waals surface area contributed by atoms with Crippen LogP contribution in [0.5, 0.6) is 0 Å². The van der Waals surface area contributed by atoms with Crippen LogP contribution in [0.4, 0.5) is 0 Å². The summed E-state index contributed by atoms with van der Waals surface area (Å²) in [5.41, 5.74) is -0.845. The molecule has 2 aliphatic carbocycles. The monoisotopic (exact) mass is 437 g/mol. The molecule has 1 N–H and O–H groups in total. The lowest BCUT2D eigenvalue weighted by Crippen LogP contribution is -2.52. The van der Waals surface area contributed by atoms with E-state index in [-0.39, 0.29) is 35.8 Å². The lowest BCUT2D eigenvalue weighted by Gasteiger charge is -2.43. The van der Waals surface area contributed by atoms with Gasteiger partial charge in [-0.15, -0.1) is 0 Å². The maximum absolute atomic E-state index is 12.8. The van der Waals surface area contributed by atoms with Crippen LogP contribution in [0.15, 0.2) is 0 Å². The molecule has 0 aromatic carbocycles. The number of rotatable bonds is 4. The molecule has 0 spiro atoms. The third-order valence-electron chi connectivity index (χ3n) is 8.22. The summed E-state index contributed by atoms with van der Waals surface area (Å²) in [6.07, 6.45) is 0.822. The highest BCUT2D eigenvalue weighted by Crippen LogP contribution is 2.58. The van der Waals surface area contributed by atoms with Gasteiger partial charge in [-0.05, 0) is 38.3 Å². The molecule has 2 saturated heterocycles. The molecule has 8 nitrogen and oxygen atoms in total. The van der Waals surface area contributed by atoms with E-state index >= 15 is 0 Å². The second kappa shape index (κ2) is 8.35. The minimum atomic E-state index is -0.920. The van der Waals surface area contributed by atoms with E-state index in [9.17, 15) is 19.5 Å². The van der Waals surface area contributed by atoms with Crippen molar-refractivity contribution < 1.29 is 33.7 Å². The number of fused-ring (bicyclic) bond motifs is 2. The normalized spacial score (nSPS) is 44.9. The van der Waals surface area contributed by atoms with Crippen LogP contribution in [0.2, 0.25) is 0 Å². The third-order valence-corrected chi connectivity index (χ3v) is 8.22. The van der Waals surface area contributed by atoms with Gasteiger partial charge in [0.15, 0.2) is 0 Å². The average Bonchev–Trinajstić information content (AvgIpc) is 3.32. The standard InChI is InChI=1S/C23H35NO7/c1-12-9-16-19(15(22(28)31-16)11-24-7-5-6-8-24)21(27)23(4)18(30-14(3)26)10-17(20(12)23)29-13(2)25/h12,15-21,27H,5-11H2,1-4H3/t12-,15-,16-,17+,18-,19+,20-,21-,23+/m0/s1. The zero-order valence-electron chi connectivity index (χ0n) is 18.9. The lowest BCUT2D eigenvalue weighted by molar-refractivity contribution is -0.165. The molecule has 4 fully saturated rings. The number of aliphatic hydroxyl groups is 1. The molecule has 4 aliphatic rings. The zero-order valence-corrected chi connectivity index (χ0v) is 18.9. The second-order valence-corrected chi connectivity index (χ2v) is 10.2.